The van der Waals surface area contributed by atoms with E-state index in [4.69, 9.17) is 0 Å². The first-order chi connectivity index (χ1) is 11.1. The van der Waals surface area contributed by atoms with E-state index in [1.54, 1.807) is 0 Å². The number of hydrogen-bond donors (Lipinski definition) is 0. The zero-order valence-corrected chi connectivity index (χ0v) is 17.0. The Morgan fingerprint density at radius 3 is 1.48 bits per heavy atom. The number of allylic oxidation sites excluding steroid dienone is 1. The van der Waals surface area contributed by atoms with Gasteiger partial charge in [0.25, 0.3) is 0 Å². The predicted molar refractivity (Wildman–Crippen MR) is 108 cm³/mol. The second-order valence-corrected chi connectivity index (χ2v) is 8.13. The summed E-state index contributed by atoms with van der Waals surface area (Å²) in [4.78, 5) is 0. The van der Waals surface area contributed by atoms with Gasteiger partial charge in [0.15, 0.2) is 0 Å². The fraction of sp³-hybridized carbons (Fsp3) is 0.913. The Morgan fingerprint density at radius 1 is 0.652 bits per heavy atom. The van der Waals surface area contributed by atoms with Crippen LogP contribution >= 0.6 is 0 Å². The van der Waals surface area contributed by atoms with Crippen molar-refractivity contribution in [1.29, 1.82) is 0 Å². The minimum absolute atomic E-state index is 0.929. The Balaban J connectivity index is 3.31. The molecule has 0 amide bonds. The van der Waals surface area contributed by atoms with Crippen LogP contribution in [0.3, 0.4) is 0 Å². The predicted octanol–water partition coefficient (Wildman–Crippen LogP) is 8.71. The zero-order chi connectivity index (χ0) is 17.3. The van der Waals surface area contributed by atoms with Crippen LogP contribution in [0.15, 0.2) is 12.2 Å². The molecule has 0 heteroatoms. The van der Waals surface area contributed by atoms with Crippen LogP contribution < -0.4 is 0 Å². The van der Waals surface area contributed by atoms with E-state index in [9.17, 15) is 0 Å². The molecule has 0 aromatic carbocycles. The van der Waals surface area contributed by atoms with Gasteiger partial charge in [-0.25, -0.2) is 0 Å². The average Bonchev–Trinajstić information content (AvgIpc) is 2.52. The second kappa shape index (κ2) is 16.6. The molecule has 0 fully saturated rings. The average molecular weight is 323 g/mol. The lowest BCUT2D eigenvalue weighted by Crippen LogP contribution is -2.08. The van der Waals surface area contributed by atoms with Crippen molar-refractivity contribution in [2.75, 3.05) is 0 Å². The van der Waals surface area contributed by atoms with Crippen molar-refractivity contribution in [3.8, 4) is 0 Å². The lowest BCUT2D eigenvalue weighted by atomic mass is 9.87. The van der Waals surface area contributed by atoms with Crippen LogP contribution in [0.2, 0.25) is 0 Å². The first kappa shape index (κ1) is 22.7. The van der Waals surface area contributed by atoms with Crippen molar-refractivity contribution in [2.24, 2.45) is 11.8 Å². The fourth-order valence-corrected chi connectivity index (χ4v) is 3.42. The molecule has 138 valence electrons. The van der Waals surface area contributed by atoms with Gasteiger partial charge in [-0.1, -0.05) is 110 Å². The molecule has 0 aliphatic carbocycles. The Labute approximate surface area is 148 Å². The Hall–Kier alpha value is -0.260. The van der Waals surface area contributed by atoms with Crippen LogP contribution in [-0.4, -0.2) is 0 Å². The molecule has 0 heterocycles. The Kier molecular flexibility index (Phi) is 16.4. The summed E-state index contributed by atoms with van der Waals surface area (Å²) in [6, 6.07) is 0. The molecule has 0 saturated heterocycles. The zero-order valence-electron chi connectivity index (χ0n) is 17.0. The van der Waals surface area contributed by atoms with Gasteiger partial charge >= 0.3 is 0 Å². The van der Waals surface area contributed by atoms with Gasteiger partial charge in [0.1, 0.15) is 0 Å². The molecule has 23 heavy (non-hydrogen) atoms. The van der Waals surface area contributed by atoms with Crippen LogP contribution in [0, 0.1) is 11.8 Å². The summed E-state index contributed by atoms with van der Waals surface area (Å²) >= 11 is 0. The summed E-state index contributed by atoms with van der Waals surface area (Å²) in [5, 5.41) is 0. The largest absolute Gasteiger partial charge is 0.100 e. The first-order valence-electron chi connectivity index (χ1n) is 10.7. The standard InChI is InChI=1S/C23H46/c1-6-7-8-16-19-22(4)23(5)20-17-14-12-10-9-11-13-15-18-21(2)3/h22-23H,2,6-20H2,1,3-5H3. The Bertz CT molecular complexity index is 253. The van der Waals surface area contributed by atoms with E-state index < -0.39 is 0 Å². The third-order valence-corrected chi connectivity index (χ3v) is 5.50. The highest BCUT2D eigenvalue weighted by Crippen LogP contribution is 2.24. The lowest BCUT2D eigenvalue weighted by molar-refractivity contribution is 0.322. The van der Waals surface area contributed by atoms with Crippen molar-refractivity contribution in [3.05, 3.63) is 12.2 Å². The van der Waals surface area contributed by atoms with Crippen molar-refractivity contribution in [3.63, 3.8) is 0 Å². The van der Waals surface area contributed by atoms with Gasteiger partial charge in [0, 0.05) is 0 Å². The smallest absolute Gasteiger partial charge is 0.0326 e. The summed E-state index contributed by atoms with van der Waals surface area (Å²) in [6.45, 7) is 13.4. The molecule has 2 atom stereocenters. The van der Waals surface area contributed by atoms with E-state index in [0.717, 1.165) is 11.8 Å². The monoisotopic (exact) mass is 322 g/mol. The molecule has 2 unspecified atom stereocenters. The summed E-state index contributed by atoms with van der Waals surface area (Å²) in [5.41, 5.74) is 1.35. The second-order valence-electron chi connectivity index (χ2n) is 8.13. The van der Waals surface area contributed by atoms with Crippen molar-refractivity contribution >= 4 is 0 Å². The van der Waals surface area contributed by atoms with Gasteiger partial charge in [-0.2, -0.15) is 0 Å². The van der Waals surface area contributed by atoms with Gasteiger partial charge in [0.05, 0.1) is 0 Å². The van der Waals surface area contributed by atoms with Crippen molar-refractivity contribution in [2.45, 2.75) is 124 Å². The highest BCUT2D eigenvalue weighted by Gasteiger charge is 2.11. The fourth-order valence-electron chi connectivity index (χ4n) is 3.42. The number of rotatable bonds is 17. The third kappa shape index (κ3) is 16.4. The quantitative estimate of drug-likeness (QED) is 0.185. The molecule has 0 spiro atoms. The molecular formula is C23H46. The summed E-state index contributed by atoms with van der Waals surface area (Å²) in [6.07, 6.45) is 21.3. The summed E-state index contributed by atoms with van der Waals surface area (Å²) in [5.74, 6) is 1.86. The Morgan fingerprint density at radius 2 is 1.04 bits per heavy atom. The lowest BCUT2D eigenvalue weighted by Gasteiger charge is -2.19. The number of hydrogen-bond acceptors (Lipinski definition) is 0. The molecule has 0 nitrogen and oxygen atoms in total. The van der Waals surface area contributed by atoms with Crippen LogP contribution in [0.5, 0.6) is 0 Å². The molecule has 0 radical (unpaired) electrons. The normalized spacial score (nSPS) is 13.9. The van der Waals surface area contributed by atoms with E-state index in [-0.39, 0.29) is 0 Å². The maximum absolute atomic E-state index is 3.97. The van der Waals surface area contributed by atoms with Gasteiger partial charge in [0.2, 0.25) is 0 Å². The summed E-state index contributed by atoms with van der Waals surface area (Å²) in [7, 11) is 0. The van der Waals surface area contributed by atoms with Gasteiger partial charge < -0.3 is 0 Å². The van der Waals surface area contributed by atoms with Gasteiger partial charge in [-0.15, -0.1) is 6.58 Å². The van der Waals surface area contributed by atoms with E-state index in [0.29, 0.717) is 0 Å². The molecule has 0 N–H and O–H groups in total. The maximum Gasteiger partial charge on any atom is -0.0326 e. The van der Waals surface area contributed by atoms with Gasteiger partial charge in [-0.3, -0.25) is 0 Å². The van der Waals surface area contributed by atoms with Crippen LogP contribution in [-0.2, 0) is 0 Å². The van der Waals surface area contributed by atoms with E-state index in [2.05, 4.69) is 34.3 Å². The molecule has 0 bridgehead atoms. The summed E-state index contributed by atoms with van der Waals surface area (Å²) < 4.78 is 0. The SMILES string of the molecule is C=C(C)CCCCCCCCCCC(C)C(C)CCCCCC. The van der Waals surface area contributed by atoms with Crippen molar-refractivity contribution < 1.29 is 0 Å². The molecule has 0 rings (SSSR count). The van der Waals surface area contributed by atoms with E-state index >= 15 is 0 Å². The first-order valence-corrected chi connectivity index (χ1v) is 10.7. The molecule has 0 aromatic heterocycles. The number of unbranched alkanes of at least 4 members (excludes halogenated alkanes) is 10. The minimum Gasteiger partial charge on any atom is -0.100 e. The maximum atomic E-state index is 3.97. The molecule has 0 saturated carbocycles. The topological polar surface area (TPSA) is 0 Å². The highest BCUT2D eigenvalue weighted by atomic mass is 14.2. The molecule has 0 aliphatic heterocycles. The highest BCUT2D eigenvalue weighted by molar-refractivity contribution is 4.86. The molecular weight excluding hydrogens is 276 g/mol. The van der Waals surface area contributed by atoms with E-state index in [1.165, 1.54) is 102 Å². The minimum atomic E-state index is 0.929. The van der Waals surface area contributed by atoms with Crippen LogP contribution in [0.25, 0.3) is 0 Å². The van der Waals surface area contributed by atoms with Crippen LogP contribution in [0.4, 0.5) is 0 Å². The van der Waals surface area contributed by atoms with Crippen molar-refractivity contribution in [1.82, 2.24) is 0 Å². The van der Waals surface area contributed by atoms with Gasteiger partial charge in [-0.05, 0) is 31.6 Å². The molecule has 0 aromatic rings. The van der Waals surface area contributed by atoms with E-state index in [1.807, 2.05) is 0 Å². The van der Waals surface area contributed by atoms with Crippen LogP contribution in [0.1, 0.15) is 124 Å². The third-order valence-electron chi connectivity index (χ3n) is 5.50. The molecule has 0 aliphatic rings.